The van der Waals surface area contributed by atoms with Crippen molar-refractivity contribution < 1.29 is 14.0 Å². The number of hydrogen-bond donors (Lipinski definition) is 3. The normalized spacial score (nSPS) is 18.7. The van der Waals surface area contributed by atoms with Gasteiger partial charge in [0.2, 0.25) is 0 Å². The lowest BCUT2D eigenvalue weighted by atomic mass is 9.93. The Morgan fingerprint density at radius 1 is 1.20 bits per heavy atom. The number of aromatic nitrogens is 1. The van der Waals surface area contributed by atoms with Gasteiger partial charge in [0.25, 0.3) is 5.91 Å². The van der Waals surface area contributed by atoms with E-state index >= 15 is 0 Å². The molecule has 156 valence electrons. The van der Waals surface area contributed by atoms with Gasteiger partial charge in [-0.1, -0.05) is 6.08 Å². The topological polar surface area (TPSA) is 74.0 Å². The molecule has 1 aromatic carbocycles. The van der Waals surface area contributed by atoms with Crippen molar-refractivity contribution in [3.05, 3.63) is 58.2 Å². The number of halogens is 1. The fraction of sp³-hybridized carbons (Fsp3) is 0.333. The number of anilines is 1. The van der Waals surface area contributed by atoms with Gasteiger partial charge in [-0.15, -0.1) is 0 Å². The van der Waals surface area contributed by atoms with Gasteiger partial charge in [0, 0.05) is 52.8 Å². The maximum absolute atomic E-state index is 13.7. The quantitative estimate of drug-likeness (QED) is 0.642. The predicted molar refractivity (Wildman–Crippen MR) is 117 cm³/mol. The molecule has 3 N–H and O–H groups in total. The van der Waals surface area contributed by atoms with Crippen molar-refractivity contribution in [3.8, 4) is 0 Å². The first-order valence-corrected chi connectivity index (χ1v) is 10.3. The Morgan fingerprint density at radius 2 is 1.93 bits per heavy atom. The molecule has 2 aliphatic rings. The van der Waals surface area contributed by atoms with Crippen LogP contribution in [0.2, 0.25) is 0 Å². The molecule has 30 heavy (non-hydrogen) atoms. The monoisotopic (exact) mass is 407 g/mol. The summed E-state index contributed by atoms with van der Waals surface area (Å²) in [4.78, 5) is 27.4. The average Bonchev–Trinajstić information content (AvgIpc) is 3.17. The molecule has 2 aromatic rings. The SMILES string of the molecule is C/C=C(\NC1CCC(=O)CC1)c1c(C)[nH]c(/C=C2\C(=O)Nc3ccc(F)cc32)c1C. The number of Topliss-reactive ketones (excluding diaryl/α,β-unsaturated/α-hetero) is 1. The molecule has 0 spiro atoms. The fourth-order valence-electron chi connectivity index (χ4n) is 4.37. The third-order valence-corrected chi connectivity index (χ3v) is 5.99. The van der Waals surface area contributed by atoms with Crippen LogP contribution in [0.25, 0.3) is 17.3 Å². The summed E-state index contributed by atoms with van der Waals surface area (Å²) in [5.74, 6) is -0.271. The number of rotatable bonds is 4. The van der Waals surface area contributed by atoms with Gasteiger partial charge in [-0.2, -0.15) is 0 Å². The lowest BCUT2D eigenvalue weighted by molar-refractivity contribution is -0.120. The van der Waals surface area contributed by atoms with Crippen LogP contribution >= 0.6 is 0 Å². The van der Waals surface area contributed by atoms with Gasteiger partial charge in [0.05, 0.1) is 5.57 Å². The van der Waals surface area contributed by atoms with E-state index in [9.17, 15) is 14.0 Å². The summed E-state index contributed by atoms with van der Waals surface area (Å²) in [6.45, 7) is 6.01. The summed E-state index contributed by atoms with van der Waals surface area (Å²) in [5.41, 5.74) is 6.56. The standard InChI is InChI=1S/C24H26FN3O2/c1-4-20(27-16-6-8-17(29)9-7-16)23-13(2)22(26-14(23)3)12-19-18-11-15(25)5-10-21(18)28-24(19)30/h4-5,10-12,16,26-27H,6-9H2,1-3H3,(H,28,30)/b19-12-,20-4-. The van der Waals surface area contributed by atoms with Gasteiger partial charge in [0.1, 0.15) is 11.6 Å². The van der Waals surface area contributed by atoms with Crippen LogP contribution < -0.4 is 10.6 Å². The lowest BCUT2D eigenvalue weighted by Crippen LogP contribution is -2.32. The van der Waals surface area contributed by atoms with Crippen molar-refractivity contribution in [2.24, 2.45) is 0 Å². The van der Waals surface area contributed by atoms with Crippen molar-refractivity contribution in [3.63, 3.8) is 0 Å². The molecule has 0 saturated heterocycles. The molecule has 4 rings (SSSR count). The molecule has 6 heteroatoms. The van der Waals surface area contributed by atoms with Crippen LogP contribution in [0.5, 0.6) is 0 Å². The number of fused-ring (bicyclic) bond motifs is 1. The zero-order valence-electron chi connectivity index (χ0n) is 17.5. The minimum absolute atomic E-state index is 0.236. The van der Waals surface area contributed by atoms with Crippen molar-refractivity contribution in [1.29, 1.82) is 0 Å². The maximum atomic E-state index is 13.7. The summed E-state index contributed by atoms with van der Waals surface area (Å²) < 4.78 is 13.7. The van der Waals surface area contributed by atoms with Crippen LogP contribution in [0.3, 0.4) is 0 Å². The Bertz CT molecular complexity index is 1080. The molecule has 0 bridgehead atoms. The van der Waals surface area contributed by atoms with E-state index in [1.807, 2.05) is 26.8 Å². The van der Waals surface area contributed by atoms with Crippen molar-refractivity contribution in [2.75, 3.05) is 5.32 Å². The van der Waals surface area contributed by atoms with Crippen LogP contribution in [0.4, 0.5) is 10.1 Å². The first kappa shape index (κ1) is 20.1. The van der Waals surface area contributed by atoms with Crippen LogP contribution in [-0.4, -0.2) is 22.7 Å². The maximum Gasteiger partial charge on any atom is 0.256 e. The Hall–Kier alpha value is -3.15. The third-order valence-electron chi connectivity index (χ3n) is 5.99. The summed E-state index contributed by atoms with van der Waals surface area (Å²) in [6.07, 6.45) is 6.78. The van der Waals surface area contributed by atoms with Gasteiger partial charge in [-0.25, -0.2) is 4.39 Å². The summed E-state index contributed by atoms with van der Waals surface area (Å²) >= 11 is 0. The number of hydrogen-bond acceptors (Lipinski definition) is 3. The smallest absolute Gasteiger partial charge is 0.256 e. The largest absolute Gasteiger partial charge is 0.382 e. The van der Waals surface area contributed by atoms with E-state index in [-0.39, 0.29) is 17.8 Å². The zero-order valence-corrected chi connectivity index (χ0v) is 17.5. The van der Waals surface area contributed by atoms with E-state index in [0.29, 0.717) is 35.4 Å². The van der Waals surface area contributed by atoms with Crippen LogP contribution in [0, 0.1) is 19.7 Å². The molecular weight excluding hydrogens is 381 g/mol. The number of carbonyl (C=O) groups is 2. The Labute approximate surface area is 175 Å². The second-order valence-electron chi connectivity index (χ2n) is 8.03. The number of aromatic amines is 1. The Kier molecular flexibility index (Phi) is 5.33. The molecular formula is C24H26FN3O2. The summed E-state index contributed by atoms with van der Waals surface area (Å²) in [7, 11) is 0. The lowest BCUT2D eigenvalue weighted by Gasteiger charge is -2.25. The highest BCUT2D eigenvalue weighted by molar-refractivity contribution is 6.34. The van der Waals surface area contributed by atoms with Gasteiger partial charge >= 0.3 is 0 Å². The molecule has 1 aromatic heterocycles. The van der Waals surface area contributed by atoms with Crippen LogP contribution in [-0.2, 0) is 9.59 Å². The van der Waals surface area contributed by atoms with Gasteiger partial charge in [0.15, 0.2) is 0 Å². The second-order valence-corrected chi connectivity index (χ2v) is 8.03. The van der Waals surface area contributed by atoms with E-state index in [0.717, 1.165) is 41.1 Å². The first-order chi connectivity index (χ1) is 14.4. The van der Waals surface area contributed by atoms with Crippen LogP contribution in [0.15, 0.2) is 24.3 Å². The van der Waals surface area contributed by atoms with E-state index in [1.165, 1.54) is 12.1 Å². The number of ketones is 1. The fourth-order valence-corrected chi connectivity index (χ4v) is 4.37. The number of nitrogens with one attached hydrogen (secondary N) is 3. The van der Waals surface area contributed by atoms with E-state index in [4.69, 9.17) is 0 Å². The number of H-pyrrole nitrogens is 1. The molecule has 0 atom stereocenters. The average molecular weight is 407 g/mol. The molecule has 5 nitrogen and oxygen atoms in total. The molecule has 1 saturated carbocycles. The Morgan fingerprint density at radius 3 is 2.63 bits per heavy atom. The second kappa shape index (κ2) is 7.94. The number of benzene rings is 1. The highest BCUT2D eigenvalue weighted by Gasteiger charge is 2.26. The number of carbonyl (C=O) groups excluding carboxylic acids is 2. The van der Waals surface area contributed by atoms with Crippen molar-refractivity contribution >= 4 is 34.7 Å². The number of aryl methyl sites for hydroxylation is 1. The third kappa shape index (κ3) is 3.70. The number of allylic oxidation sites excluding steroid dienone is 1. The zero-order chi connectivity index (χ0) is 21.4. The number of amides is 1. The Balaban J connectivity index is 1.66. The molecule has 1 amide bonds. The minimum Gasteiger partial charge on any atom is -0.382 e. The van der Waals surface area contributed by atoms with E-state index < -0.39 is 0 Å². The van der Waals surface area contributed by atoms with Gasteiger partial charge < -0.3 is 15.6 Å². The predicted octanol–water partition coefficient (Wildman–Crippen LogP) is 4.73. The van der Waals surface area contributed by atoms with Crippen molar-refractivity contribution in [1.82, 2.24) is 10.3 Å². The first-order valence-electron chi connectivity index (χ1n) is 10.3. The molecule has 1 aliphatic heterocycles. The van der Waals surface area contributed by atoms with E-state index in [2.05, 4.69) is 15.6 Å². The van der Waals surface area contributed by atoms with E-state index in [1.54, 1.807) is 12.1 Å². The van der Waals surface area contributed by atoms with Gasteiger partial charge in [-0.3, -0.25) is 9.59 Å². The van der Waals surface area contributed by atoms with Crippen molar-refractivity contribution in [2.45, 2.75) is 52.5 Å². The molecule has 1 fully saturated rings. The highest BCUT2D eigenvalue weighted by atomic mass is 19.1. The van der Waals surface area contributed by atoms with Crippen LogP contribution in [0.1, 0.15) is 60.7 Å². The molecule has 0 unspecified atom stereocenters. The minimum atomic E-state index is -0.373. The highest BCUT2D eigenvalue weighted by Crippen LogP contribution is 2.35. The summed E-state index contributed by atoms with van der Waals surface area (Å²) in [6, 6.07) is 4.58. The summed E-state index contributed by atoms with van der Waals surface area (Å²) in [5, 5.41) is 6.39. The van der Waals surface area contributed by atoms with Gasteiger partial charge in [-0.05, 0) is 63.5 Å². The molecule has 0 radical (unpaired) electrons. The molecule has 2 heterocycles. The molecule has 1 aliphatic carbocycles.